The van der Waals surface area contributed by atoms with Crippen LogP contribution >= 0.6 is 0 Å². The van der Waals surface area contributed by atoms with E-state index < -0.39 is 80.0 Å². The highest BCUT2D eigenvalue weighted by Gasteiger charge is 2.23. The molecule has 244 valence electrons. The first kappa shape index (κ1) is 34.5. The zero-order valence-electron chi connectivity index (χ0n) is 22.7. The minimum absolute atomic E-state index is 0.0105. The average molecular weight is 716 g/mol. The van der Waals surface area contributed by atoms with E-state index in [0.717, 1.165) is 36.4 Å². The van der Waals surface area contributed by atoms with Gasteiger partial charge >= 0.3 is 10.4 Å². The molecule has 0 heterocycles. The molecule has 0 aromatic heterocycles. The number of carbonyl (C=O) groups is 1. The number of azo groups is 1. The Bertz CT molecular complexity index is 2320. The highest BCUT2D eigenvalue weighted by Crippen LogP contribution is 2.42. The molecule has 17 nitrogen and oxygen atoms in total. The number of phenols is 1. The van der Waals surface area contributed by atoms with Gasteiger partial charge in [-0.1, -0.05) is 6.07 Å². The second-order valence-electron chi connectivity index (χ2n) is 9.20. The summed E-state index contributed by atoms with van der Waals surface area (Å²) in [5, 5.41) is 20.6. The summed E-state index contributed by atoms with van der Waals surface area (Å²) in [6, 6.07) is 13.9. The molecular formula is C25H21N3O14S4. The van der Waals surface area contributed by atoms with Gasteiger partial charge in [0.05, 0.1) is 27.8 Å². The molecule has 4 aromatic rings. The van der Waals surface area contributed by atoms with E-state index in [0.29, 0.717) is 0 Å². The monoisotopic (exact) mass is 715 g/mol. The van der Waals surface area contributed by atoms with Crippen molar-refractivity contribution >= 4 is 74.2 Å². The van der Waals surface area contributed by atoms with Crippen molar-refractivity contribution in [1.82, 2.24) is 0 Å². The summed E-state index contributed by atoms with van der Waals surface area (Å²) in [7, 11) is -18.5. The van der Waals surface area contributed by atoms with Crippen molar-refractivity contribution in [2.75, 3.05) is 17.7 Å². The first-order valence-corrected chi connectivity index (χ1v) is 18.2. The highest BCUT2D eigenvalue weighted by atomic mass is 32.3. The SMILES string of the molecule is O=C(Nc1ccc(S(=O)(=O)CCOS(=O)(=O)O)cc1)c1cccc(N=Nc2c(S(=O)(=O)O)cc3cc(S(=O)(=O)O)ccc3c2O)c1. The number of nitrogens with zero attached hydrogens (tertiary/aromatic N) is 2. The first-order valence-electron chi connectivity index (χ1n) is 12.3. The quantitative estimate of drug-likeness (QED) is 0.110. The number of carbonyl (C=O) groups excluding carboxylic acids is 1. The molecule has 0 saturated heterocycles. The van der Waals surface area contributed by atoms with E-state index >= 15 is 0 Å². The van der Waals surface area contributed by atoms with Gasteiger partial charge in [-0.3, -0.25) is 18.5 Å². The Labute approximate surface area is 261 Å². The summed E-state index contributed by atoms with van der Waals surface area (Å²) in [6.07, 6.45) is 0. The number of amides is 1. The van der Waals surface area contributed by atoms with Crippen LogP contribution in [0.25, 0.3) is 10.8 Å². The fourth-order valence-corrected chi connectivity index (χ4v) is 6.58. The lowest BCUT2D eigenvalue weighted by Gasteiger charge is -2.10. The van der Waals surface area contributed by atoms with Crippen LogP contribution in [0.15, 0.2) is 97.7 Å². The molecule has 46 heavy (non-hydrogen) atoms. The molecule has 1 amide bonds. The third-order valence-electron chi connectivity index (χ3n) is 6.03. The second kappa shape index (κ2) is 12.8. The number of fused-ring (bicyclic) bond motifs is 1. The maximum Gasteiger partial charge on any atom is 0.397 e. The number of hydrogen-bond acceptors (Lipinski definition) is 13. The lowest BCUT2D eigenvalue weighted by Crippen LogP contribution is -2.15. The third-order valence-corrected chi connectivity index (χ3v) is 9.90. The molecule has 0 aliphatic carbocycles. The van der Waals surface area contributed by atoms with Crippen LogP contribution in [0.5, 0.6) is 5.75 Å². The van der Waals surface area contributed by atoms with E-state index in [2.05, 4.69) is 19.7 Å². The number of anilines is 1. The molecule has 21 heteroatoms. The predicted octanol–water partition coefficient (Wildman–Crippen LogP) is 3.30. The zero-order valence-corrected chi connectivity index (χ0v) is 26.0. The minimum atomic E-state index is -5.05. The van der Waals surface area contributed by atoms with Gasteiger partial charge in [0.2, 0.25) is 0 Å². The Morgan fingerprint density at radius 1 is 0.761 bits per heavy atom. The molecule has 0 unspecified atom stereocenters. The molecule has 0 aliphatic heterocycles. The molecule has 0 bridgehead atoms. The van der Waals surface area contributed by atoms with Crippen molar-refractivity contribution in [3.63, 3.8) is 0 Å². The molecular weight excluding hydrogens is 695 g/mol. The Morgan fingerprint density at radius 3 is 2.02 bits per heavy atom. The second-order valence-corrected chi connectivity index (χ2v) is 15.2. The number of phenolic OH excluding ortho intramolecular Hbond substituents is 1. The number of sulfone groups is 1. The van der Waals surface area contributed by atoms with Crippen LogP contribution in [0, 0.1) is 0 Å². The fourth-order valence-electron chi connectivity index (χ4n) is 3.92. The average Bonchev–Trinajstić information content (AvgIpc) is 2.95. The molecule has 0 saturated carbocycles. The standard InChI is InChI=1S/C25H21N3O14S4/c29-24-21-9-8-20(44(33,34)35)13-16(21)14-22(45(36,37)38)23(24)28-27-18-3-1-2-15(12-18)25(30)26-17-4-6-19(7-5-17)43(31,32)11-10-42-46(39,40)41/h1-9,12-14,29H,10-11H2,(H,26,30)(H,33,34,35)(H,36,37,38)(H,39,40,41). The van der Waals surface area contributed by atoms with E-state index in [4.69, 9.17) is 4.55 Å². The number of aromatic hydroxyl groups is 1. The maximum atomic E-state index is 12.8. The van der Waals surface area contributed by atoms with Gasteiger partial charge in [0.25, 0.3) is 26.1 Å². The number of nitrogens with one attached hydrogen (secondary N) is 1. The van der Waals surface area contributed by atoms with Crippen molar-refractivity contribution in [3.05, 3.63) is 78.4 Å². The lowest BCUT2D eigenvalue weighted by atomic mass is 10.1. The molecule has 0 fully saturated rings. The van der Waals surface area contributed by atoms with E-state index in [1.807, 2.05) is 0 Å². The van der Waals surface area contributed by atoms with Crippen molar-refractivity contribution < 1.29 is 61.4 Å². The molecule has 4 aromatic carbocycles. The number of rotatable bonds is 11. The Morgan fingerprint density at radius 2 is 1.41 bits per heavy atom. The summed E-state index contributed by atoms with van der Waals surface area (Å²) in [4.78, 5) is 11.1. The van der Waals surface area contributed by atoms with Gasteiger partial charge < -0.3 is 10.4 Å². The first-order chi connectivity index (χ1) is 21.2. The smallest absolute Gasteiger partial charge is 0.397 e. The summed E-state index contributed by atoms with van der Waals surface area (Å²) in [5.74, 6) is -2.23. The van der Waals surface area contributed by atoms with Crippen molar-refractivity contribution in [1.29, 1.82) is 0 Å². The zero-order chi connectivity index (χ0) is 34.1. The normalized spacial score (nSPS) is 12.8. The van der Waals surface area contributed by atoms with E-state index in [1.54, 1.807) is 0 Å². The summed E-state index contributed by atoms with van der Waals surface area (Å²) in [5.41, 5.74) is -0.528. The topological polar surface area (TPSA) is 281 Å². The Kier molecular flexibility index (Phi) is 9.61. The van der Waals surface area contributed by atoms with Gasteiger partial charge in [-0.05, 0) is 72.1 Å². The van der Waals surface area contributed by atoms with Crippen molar-refractivity contribution in [2.45, 2.75) is 14.7 Å². The van der Waals surface area contributed by atoms with Gasteiger partial charge in [0.15, 0.2) is 15.6 Å². The van der Waals surface area contributed by atoms with Crippen LogP contribution in [0.2, 0.25) is 0 Å². The predicted molar refractivity (Wildman–Crippen MR) is 160 cm³/mol. The number of hydrogen-bond donors (Lipinski definition) is 5. The lowest BCUT2D eigenvalue weighted by molar-refractivity contribution is 0.102. The summed E-state index contributed by atoms with van der Waals surface area (Å²) in [6.45, 7) is -0.817. The summed E-state index contributed by atoms with van der Waals surface area (Å²) >= 11 is 0. The van der Waals surface area contributed by atoms with Gasteiger partial charge in [-0.25, -0.2) is 12.6 Å². The van der Waals surface area contributed by atoms with Crippen LogP contribution in [-0.2, 0) is 44.7 Å². The summed E-state index contributed by atoms with van der Waals surface area (Å²) < 4.78 is 125. The Hall–Kier alpha value is -4.35. The van der Waals surface area contributed by atoms with Crippen LogP contribution < -0.4 is 5.32 Å². The van der Waals surface area contributed by atoms with E-state index in [1.165, 1.54) is 36.4 Å². The fraction of sp³-hybridized carbons (Fsp3) is 0.0800. The van der Waals surface area contributed by atoms with Crippen LogP contribution in [0.4, 0.5) is 17.1 Å². The maximum absolute atomic E-state index is 12.8. The van der Waals surface area contributed by atoms with Crippen LogP contribution in [0.1, 0.15) is 10.4 Å². The molecule has 5 N–H and O–H groups in total. The highest BCUT2D eigenvalue weighted by molar-refractivity contribution is 7.91. The van der Waals surface area contributed by atoms with Crippen LogP contribution in [0.3, 0.4) is 0 Å². The third kappa shape index (κ3) is 8.46. The molecule has 0 atom stereocenters. The molecule has 0 spiro atoms. The van der Waals surface area contributed by atoms with Crippen LogP contribution in [-0.4, -0.2) is 70.7 Å². The van der Waals surface area contributed by atoms with Gasteiger partial charge in [-0.15, -0.1) is 5.11 Å². The Balaban J connectivity index is 1.56. The van der Waals surface area contributed by atoms with Crippen molar-refractivity contribution in [3.8, 4) is 5.75 Å². The van der Waals surface area contributed by atoms with Gasteiger partial charge in [0.1, 0.15) is 10.6 Å². The number of benzene rings is 4. The van der Waals surface area contributed by atoms with Gasteiger partial charge in [-0.2, -0.15) is 30.4 Å². The molecule has 4 rings (SSSR count). The van der Waals surface area contributed by atoms with E-state index in [-0.39, 0.29) is 32.6 Å². The largest absolute Gasteiger partial charge is 0.505 e. The van der Waals surface area contributed by atoms with E-state index in [9.17, 15) is 52.7 Å². The van der Waals surface area contributed by atoms with Gasteiger partial charge in [0, 0.05) is 16.6 Å². The minimum Gasteiger partial charge on any atom is -0.505 e. The molecule has 0 aliphatic rings. The van der Waals surface area contributed by atoms with Crippen molar-refractivity contribution in [2.24, 2.45) is 10.2 Å². The molecule has 0 radical (unpaired) electrons.